The van der Waals surface area contributed by atoms with Gasteiger partial charge < -0.3 is 5.32 Å². The van der Waals surface area contributed by atoms with E-state index in [-0.39, 0.29) is 23.8 Å². The van der Waals surface area contributed by atoms with Gasteiger partial charge in [0.05, 0.1) is 11.4 Å². The molecule has 0 bridgehead atoms. The number of anilines is 1. The van der Waals surface area contributed by atoms with Crippen molar-refractivity contribution in [2.24, 2.45) is 4.99 Å². The van der Waals surface area contributed by atoms with Crippen LogP contribution in [0.3, 0.4) is 0 Å². The monoisotopic (exact) mass is 399 g/mol. The first kappa shape index (κ1) is 20.1. The summed E-state index contributed by atoms with van der Waals surface area (Å²) in [5.74, 6) is 0.136. The molecular formula is C21H25N3O3S. The number of sulfonamides is 1. The average Bonchev–Trinajstić information content (AvgIpc) is 2.94. The van der Waals surface area contributed by atoms with Gasteiger partial charge in [-0.15, -0.1) is 0 Å². The highest BCUT2D eigenvalue weighted by Crippen LogP contribution is 2.22. The minimum atomic E-state index is -3.55. The molecule has 0 aliphatic carbocycles. The Morgan fingerprint density at radius 2 is 1.82 bits per heavy atom. The van der Waals surface area contributed by atoms with E-state index in [2.05, 4.69) is 22.0 Å². The van der Waals surface area contributed by atoms with E-state index in [9.17, 15) is 13.2 Å². The second kappa shape index (κ2) is 9.01. The second-order valence-electron chi connectivity index (χ2n) is 6.78. The standard InChI is InChI=1S/C21H25N3O3S/c1-2-3-4-7-16-10-12-17(13-11-16)23-20(25)14-15-22-21-18-8-5-6-9-19(18)28(26,27)24-21/h5-6,8-13H,2-4,7,14-15H2,1H3,(H,22,24)(H,23,25). The number of nitrogens with zero attached hydrogens (tertiary/aromatic N) is 1. The smallest absolute Gasteiger partial charge is 0.263 e. The summed E-state index contributed by atoms with van der Waals surface area (Å²) >= 11 is 0. The van der Waals surface area contributed by atoms with Crippen molar-refractivity contribution in [3.05, 3.63) is 59.7 Å². The van der Waals surface area contributed by atoms with E-state index in [0.29, 0.717) is 11.4 Å². The van der Waals surface area contributed by atoms with E-state index < -0.39 is 10.0 Å². The van der Waals surface area contributed by atoms with Gasteiger partial charge in [0.25, 0.3) is 10.0 Å². The molecule has 0 radical (unpaired) electrons. The Labute approximate surface area is 166 Å². The molecule has 7 heteroatoms. The van der Waals surface area contributed by atoms with Gasteiger partial charge in [0, 0.05) is 17.7 Å². The number of hydrogen-bond donors (Lipinski definition) is 2. The number of carbonyl (C=O) groups is 1. The molecule has 0 aromatic heterocycles. The van der Waals surface area contributed by atoms with Crippen LogP contribution in [0.4, 0.5) is 5.69 Å². The molecule has 148 valence electrons. The third-order valence-corrected chi connectivity index (χ3v) is 5.98. The molecule has 0 fully saturated rings. The summed E-state index contributed by atoms with van der Waals surface area (Å²) in [4.78, 5) is 16.6. The fraction of sp³-hybridized carbons (Fsp3) is 0.333. The molecule has 2 aromatic carbocycles. The van der Waals surface area contributed by atoms with Crippen LogP contribution in [0, 0.1) is 0 Å². The van der Waals surface area contributed by atoms with Crippen LogP contribution in [-0.2, 0) is 21.2 Å². The highest BCUT2D eigenvalue weighted by Gasteiger charge is 2.29. The molecule has 0 atom stereocenters. The summed E-state index contributed by atoms with van der Waals surface area (Å²) in [6.45, 7) is 2.39. The number of fused-ring (bicyclic) bond motifs is 1. The third-order valence-electron chi connectivity index (χ3n) is 4.58. The molecule has 2 aromatic rings. The van der Waals surface area contributed by atoms with Gasteiger partial charge in [-0.3, -0.25) is 14.5 Å². The first-order valence-corrected chi connectivity index (χ1v) is 11.0. The van der Waals surface area contributed by atoms with Crippen LogP contribution >= 0.6 is 0 Å². The maximum Gasteiger partial charge on any atom is 0.263 e. The highest BCUT2D eigenvalue weighted by molar-refractivity contribution is 7.90. The lowest BCUT2D eigenvalue weighted by Crippen LogP contribution is -2.23. The van der Waals surface area contributed by atoms with Gasteiger partial charge in [0.15, 0.2) is 0 Å². The number of carbonyl (C=O) groups excluding carboxylic acids is 1. The molecule has 28 heavy (non-hydrogen) atoms. The Morgan fingerprint density at radius 1 is 1.07 bits per heavy atom. The van der Waals surface area contributed by atoms with Crippen molar-refractivity contribution >= 4 is 27.5 Å². The van der Waals surface area contributed by atoms with Gasteiger partial charge in [-0.25, -0.2) is 8.42 Å². The van der Waals surface area contributed by atoms with Gasteiger partial charge in [-0.05, 0) is 42.7 Å². The fourth-order valence-electron chi connectivity index (χ4n) is 3.08. The number of aliphatic imine (C=N–C) groups is 1. The Morgan fingerprint density at radius 3 is 2.57 bits per heavy atom. The molecule has 0 unspecified atom stereocenters. The molecule has 1 aliphatic rings. The summed E-state index contributed by atoms with van der Waals surface area (Å²) in [7, 11) is -3.55. The Hall–Kier alpha value is -2.67. The maximum atomic E-state index is 12.1. The van der Waals surface area contributed by atoms with Crippen molar-refractivity contribution in [1.29, 1.82) is 0 Å². The minimum absolute atomic E-state index is 0.155. The number of amidine groups is 1. The van der Waals surface area contributed by atoms with Crippen LogP contribution in [0.5, 0.6) is 0 Å². The first-order valence-electron chi connectivity index (χ1n) is 9.55. The normalized spacial score (nSPS) is 15.8. The van der Waals surface area contributed by atoms with Gasteiger partial charge in [0.2, 0.25) is 5.91 Å². The van der Waals surface area contributed by atoms with Crippen molar-refractivity contribution in [2.75, 3.05) is 11.9 Å². The number of rotatable bonds is 8. The molecule has 1 aliphatic heterocycles. The van der Waals surface area contributed by atoms with Gasteiger partial charge >= 0.3 is 0 Å². The molecule has 1 heterocycles. The number of unbranched alkanes of at least 4 members (excludes halogenated alkanes) is 2. The van der Waals surface area contributed by atoms with Crippen LogP contribution in [-0.4, -0.2) is 26.7 Å². The molecule has 0 spiro atoms. The number of nitrogens with one attached hydrogen (secondary N) is 2. The first-order chi connectivity index (χ1) is 13.5. The van der Waals surface area contributed by atoms with Gasteiger partial charge in [-0.2, -0.15) is 0 Å². The zero-order valence-corrected chi connectivity index (χ0v) is 16.8. The lowest BCUT2D eigenvalue weighted by molar-refractivity contribution is -0.116. The van der Waals surface area contributed by atoms with Crippen molar-refractivity contribution in [2.45, 2.75) is 43.9 Å². The highest BCUT2D eigenvalue weighted by atomic mass is 32.2. The van der Waals surface area contributed by atoms with Gasteiger partial charge in [-0.1, -0.05) is 44.0 Å². The van der Waals surface area contributed by atoms with E-state index in [1.165, 1.54) is 24.8 Å². The third kappa shape index (κ3) is 4.98. The predicted octanol–water partition coefficient (Wildman–Crippen LogP) is 3.49. The summed E-state index contributed by atoms with van der Waals surface area (Å²) in [6.07, 6.45) is 4.82. The van der Waals surface area contributed by atoms with E-state index in [1.807, 2.05) is 24.3 Å². The van der Waals surface area contributed by atoms with E-state index in [4.69, 9.17) is 0 Å². The largest absolute Gasteiger partial charge is 0.326 e. The van der Waals surface area contributed by atoms with E-state index in [0.717, 1.165) is 12.1 Å². The van der Waals surface area contributed by atoms with E-state index >= 15 is 0 Å². The summed E-state index contributed by atoms with van der Waals surface area (Å²) in [5, 5.41) is 2.85. The molecular weight excluding hydrogens is 374 g/mol. The Kier molecular flexibility index (Phi) is 6.46. The van der Waals surface area contributed by atoms with Crippen LogP contribution in [0.25, 0.3) is 0 Å². The Balaban J connectivity index is 1.52. The molecule has 1 amide bonds. The summed E-state index contributed by atoms with van der Waals surface area (Å²) in [5.41, 5.74) is 2.57. The lowest BCUT2D eigenvalue weighted by Gasteiger charge is -2.06. The van der Waals surface area contributed by atoms with Crippen LogP contribution in [0.15, 0.2) is 58.4 Å². The minimum Gasteiger partial charge on any atom is -0.326 e. The van der Waals surface area contributed by atoms with Crippen molar-refractivity contribution < 1.29 is 13.2 Å². The number of benzene rings is 2. The van der Waals surface area contributed by atoms with Gasteiger partial charge in [0.1, 0.15) is 5.84 Å². The molecule has 3 rings (SSSR count). The molecule has 0 saturated heterocycles. The fourth-order valence-corrected chi connectivity index (χ4v) is 4.33. The molecule has 2 N–H and O–H groups in total. The Bertz CT molecular complexity index is 967. The van der Waals surface area contributed by atoms with Crippen molar-refractivity contribution in [3.63, 3.8) is 0 Å². The number of aryl methyl sites for hydroxylation is 1. The molecule has 6 nitrogen and oxygen atoms in total. The summed E-state index contributed by atoms with van der Waals surface area (Å²) < 4.78 is 26.5. The van der Waals surface area contributed by atoms with Crippen molar-refractivity contribution in [1.82, 2.24) is 4.72 Å². The molecule has 0 saturated carbocycles. The SMILES string of the molecule is CCCCCc1ccc(NC(=O)CCN=C2NS(=O)(=O)c3ccccc32)cc1. The lowest BCUT2D eigenvalue weighted by atomic mass is 10.1. The topological polar surface area (TPSA) is 87.6 Å². The maximum absolute atomic E-state index is 12.1. The van der Waals surface area contributed by atoms with E-state index in [1.54, 1.807) is 24.3 Å². The summed E-state index contributed by atoms with van der Waals surface area (Å²) in [6, 6.07) is 14.6. The quantitative estimate of drug-likeness (QED) is 0.666. The second-order valence-corrected chi connectivity index (χ2v) is 8.44. The number of amides is 1. The van der Waals surface area contributed by atoms with Crippen LogP contribution in [0.1, 0.15) is 43.7 Å². The van der Waals surface area contributed by atoms with Crippen LogP contribution in [0.2, 0.25) is 0 Å². The number of hydrogen-bond acceptors (Lipinski definition) is 4. The van der Waals surface area contributed by atoms with Crippen molar-refractivity contribution in [3.8, 4) is 0 Å². The zero-order chi connectivity index (χ0) is 20.0. The zero-order valence-electron chi connectivity index (χ0n) is 15.9. The predicted molar refractivity (Wildman–Crippen MR) is 111 cm³/mol. The van der Waals surface area contributed by atoms with Crippen LogP contribution < -0.4 is 10.0 Å². The average molecular weight is 400 g/mol.